The van der Waals surface area contributed by atoms with Gasteiger partial charge in [-0.25, -0.2) is 0 Å². The Bertz CT molecular complexity index is 799. The van der Waals surface area contributed by atoms with Crippen LogP contribution in [0.15, 0.2) is 24.5 Å². The molecule has 7 heteroatoms. The summed E-state index contributed by atoms with van der Waals surface area (Å²) in [5, 5.41) is 5.13. The Hall–Kier alpha value is -1.30. The molecule has 18 heavy (non-hydrogen) atoms. The lowest BCUT2D eigenvalue weighted by atomic mass is 10.3. The zero-order chi connectivity index (χ0) is 12.9. The number of aryl methyl sites for hydroxylation is 1. The SMILES string of the molecule is Cn1cc(-n2c(=S)[nH]c3cc(Cl)c(Cl)cc32)cn1. The Morgan fingerprint density at radius 1 is 1.28 bits per heavy atom. The highest BCUT2D eigenvalue weighted by molar-refractivity contribution is 7.71. The predicted molar refractivity (Wildman–Crippen MR) is 75.2 cm³/mol. The van der Waals surface area contributed by atoms with Gasteiger partial charge in [0.05, 0.1) is 33.0 Å². The van der Waals surface area contributed by atoms with Crippen LogP contribution in [0.3, 0.4) is 0 Å². The summed E-state index contributed by atoms with van der Waals surface area (Å²) in [5.74, 6) is 0. The van der Waals surface area contributed by atoms with Crippen molar-refractivity contribution in [2.24, 2.45) is 7.05 Å². The van der Waals surface area contributed by atoms with E-state index in [-0.39, 0.29) is 0 Å². The molecule has 0 aliphatic heterocycles. The third-order valence-electron chi connectivity index (χ3n) is 2.67. The number of hydrogen-bond acceptors (Lipinski definition) is 2. The molecule has 0 radical (unpaired) electrons. The van der Waals surface area contributed by atoms with E-state index in [0.717, 1.165) is 16.7 Å². The summed E-state index contributed by atoms with van der Waals surface area (Å²) in [5.41, 5.74) is 2.60. The minimum Gasteiger partial charge on any atom is -0.330 e. The van der Waals surface area contributed by atoms with E-state index in [1.54, 1.807) is 23.0 Å². The fourth-order valence-electron chi connectivity index (χ4n) is 1.88. The number of nitrogens with one attached hydrogen (secondary N) is 1. The number of halogens is 2. The van der Waals surface area contributed by atoms with Gasteiger partial charge >= 0.3 is 0 Å². The summed E-state index contributed by atoms with van der Waals surface area (Å²) in [6.07, 6.45) is 3.62. The Balaban J connectivity index is 2.38. The molecular weight excluding hydrogens is 291 g/mol. The normalized spacial score (nSPS) is 11.3. The first-order chi connectivity index (χ1) is 8.56. The molecule has 0 aliphatic carbocycles. The van der Waals surface area contributed by atoms with Crippen molar-refractivity contribution in [2.45, 2.75) is 0 Å². The maximum atomic E-state index is 6.05. The van der Waals surface area contributed by atoms with Crippen molar-refractivity contribution in [3.05, 3.63) is 39.3 Å². The number of fused-ring (bicyclic) bond motifs is 1. The molecule has 1 N–H and O–H groups in total. The lowest BCUT2D eigenvalue weighted by molar-refractivity contribution is 0.767. The van der Waals surface area contributed by atoms with Gasteiger partial charge in [0.25, 0.3) is 0 Å². The highest BCUT2D eigenvalue weighted by Gasteiger charge is 2.10. The van der Waals surface area contributed by atoms with Crippen molar-refractivity contribution in [1.82, 2.24) is 19.3 Å². The zero-order valence-electron chi connectivity index (χ0n) is 9.32. The predicted octanol–water partition coefficient (Wildman–Crippen LogP) is 3.73. The van der Waals surface area contributed by atoms with Gasteiger partial charge in [0, 0.05) is 13.2 Å². The van der Waals surface area contributed by atoms with E-state index in [4.69, 9.17) is 35.4 Å². The fourth-order valence-corrected chi connectivity index (χ4v) is 2.52. The molecule has 0 unspecified atom stereocenters. The first-order valence-electron chi connectivity index (χ1n) is 5.15. The lowest BCUT2D eigenvalue weighted by Crippen LogP contribution is -1.92. The average Bonchev–Trinajstić information content (AvgIpc) is 2.83. The van der Waals surface area contributed by atoms with Gasteiger partial charge < -0.3 is 4.98 Å². The summed E-state index contributed by atoms with van der Waals surface area (Å²) >= 11 is 17.4. The van der Waals surface area contributed by atoms with E-state index < -0.39 is 0 Å². The number of hydrogen-bond donors (Lipinski definition) is 1. The molecule has 0 saturated heterocycles. The van der Waals surface area contributed by atoms with Gasteiger partial charge in [-0.1, -0.05) is 23.2 Å². The largest absolute Gasteiger partial charge is 0.330 e. The van der Waals surface area contributed by atoms with Crippen LogP contribution in [0.25, 0.3) is 16.7 Å². The second kappa shape index (κ2) is 4.12. The Morgan fingerprint density at radius 2 is 2.00 bits per heavy atom. The number of aromatic amines is 1. The van der Waals surface area contributed by atoms with Crippen LogP contribution >= 0.6 is 35.4 Å². The Labute approximate surface area is 118 Å². The first kappa shape index (κ1) is 11.8. The molecule has 0 spiro atoms. The molecule has 0 amide bonds. The standard InChI is InChI=1S/C11H8Cl2N4S/c1-16-5-6(4-14-16)17-10-3-8(13)7(12)2-9(10)15-11(17)18/h2-5H,1H3,(H,15,18). The van der Waals surface area contributed by atoms with E-state index in [1.807, 2.05) is 17.8 Å². The Morgan fingerprint density at radius 3 is 2.67 bits per heavy atom. The summed E-state index contributed by atoms with van der Waals surface area (Å²) < 4.78 is 4.17. The van der Waals surface area contributed by atoms with Crippen molar-refractivity contribution in [1.29, 1.82) is 0 Å². The third-order valence-corrected chi connectivity index (χ3v) is 3.68. The van der Waals surface area contributed by atoms with Crippen LogP contribution in [0.4, 0.5) is 0 Å². The van der Waals surface area contributed by atoms with E-state index in [1.165, 1.54) is 0 Å². The second-order valence-electron chi connectivity index (χ2n) is 3.92. The van der Waals surface area contributed by atoms with E-state index in [2.05, 4.69) is 10.1 Å². The average molecular weight is 299 g/mol. The lowest BCUT2D eigenvalue weighted by Gasteiger charge is -2.01. The highest BCUT2D eigenvalue weighted by Crippen LogP contribution is 2.29. The molecule has 0 saturated carbocycles. The zero-order valence-corrected chi connectivity index (χ0v) is 11.6. The van der Waals surface area contributed by atoms with Crippen LogP contribution in [0, 0.1) is 4.77 Å². The number of H-pyrrole nitrogens is 1. The number of benzene rings is 1. The van der Waals surface area contributed by atoms with Gasteiger partial charge in [-0.15, -0.1) is 0 Å². The second-order valence-corrected chi connectivity index (χ2v) is 5.12. The minimum atomic E-state index is 0.496. The van der Waals surface area contributed by atoms with Crippen LogP contribution in [-0.2, 0) is 7.05 Å². The topological polar surface area (TPSA) is 38.5 Å². The van der Waals surface area contributed by atoms with Gasteiger partial charge in [0.15, 0.2) is 4.77 Å². The molecule has 0 bridgehead atoms. The summed E-state index contributed by atoms with van der Waals surface area (Å²) in [6.45, 7) is 0. The van der Waals surface area contributed by atoms with Crippen molar-refractivity contribution in [3.63, 3.8) is 0 Å². The van der Waals surface area contributed by atoms with Gasteiger partial charge in [0.2, 0.25) is 0 Å². The summed E-state index contributed by atoms with van der Waals surface area (Å²) in [6, 6.07) is 3.56. The molecule has 2 aromatic heterocycles. The van der Waals surface area contributed by atoms with Crippen molar-refractivity contribution < 1.29 is 0 Å². The Kier molecular flexibility index (Phi) is 2.69. The number of aromatic nitrogens is 4. The van der Waals surface area contributed by atoms with Gasteiger partial charge in [-0.05, 0) is 24.4 Å². The molecule has 2 heterocycles. The van der Waals surface area contributed by atoms with Crippen molar-refractivity contribution in [3.8, 4) is 5.69 Å². The molecule has 0 fully saturated rings. The van der Waals surface area contributed by atoms with Crippen LogP contribution in [0.5, 0.6) is 0 Å². The molecule has 3 aromatic rings. The van der Waals surface area contributed by atoms with Crippen molar-refractivity contribution in [2.75, 3.05) is 0 Å². The van der Waals surface area contributed by atoms with Gasteiger partial charge in [-0.2, -0.15) is 5.10 Å². The molecule has 92 valence electrons. The first-order valence-corrected chi connectivity index (χ1v) is 6.31. The van der Waals surface area contributed by atoms with Gasteiger partial charge in [0.1, 0.15) is 0 Å². The van der Waals surface area contributed by atoms with Crippen molar-refractivity contribution >= 4 is 46.5 Å². The van der Waals surface area contributed by atoms with Crippen LogP contribution in [0.1, 0.15) is 0 Å². The van der Waals surface area contributed by atoms with E-state index in [0.29, 0.717) is 14.8 Å². The van der Waals surface area contributed by atoms with E-state index in [9.17, 15) is 0 Å². The molecule has 0 aliphatic rings. The fraction of sp³-hybridized carbons (Fsp3) is 0.0909. The minimum absolute atomic E-state index is 0.496. The van der Waals surface area contributed by atoms with Gasteiger partial charge in [-0.3, -0.25) is 9.25 Å². The van der Waals surface area contributed by atoms with Crippen LogP contribution in [-0.4, -0.2) is 19.3 Å². The van der Waals surface area contributed by atoms with Crippen LogP contribution in [0.2, 0.25) is 10.0 Å². The van der Waals surface area contributed by atoms with E-state index >= 15 is 0 Å². The van der Waals surface area contributed by atoms with Crippen LogP contribution < -0.4 is 0 Å². The monoisotopic (exact) mass is 298 g/mol. The molecule has 1 aromatic carbocycles. The highest BCUT2D eigenvalue weighted by atomic mass is 35.5. The third kappa shape index (κ3) is 1.75. The molecule has 4 nitrogen and oxygen atoms in total. The molecule has 0 atom stereocenters. The number of imidazole rings is 1. The maximum absolute atomic E-state index is 6.05. The molecule has 3 rings (SSSR count). The number of rotatable bonds is 1. The summed E-state index contributed by atoms with van der Waals surface area (Å²) in [7, 11) is 1.85. The maximum Gasteiger partial charge on any atom is 0.182 e. The smallest absolute Gasteiger partial charge is 0.182 e. The quantitative estimate of drug-likeness (QED) is 0.695. The summed E-state index contributed by atoms with van der Waals surface area (Å²) in [4.78, 5) is 3.10. The number of nitrogens with zero attached hydrogens (tertiary/aromatic N) is 3. The molecular formula is C11H8Cl2N4S.